The highest BCUT2D eigenvalue weighted by atomic mass is 16.5. The van der Waals surface area contributed by atoms with E-state index in [9.17, 15) is 9.59 Å². The van der Waals surface area contributed by atoms with Crippen LogP contribution in [0, 0.1) is 0 Å². The maximum atomic E-state index is 11.8. The van der Waals surface area contributed by atoms with Crippen LogP contribution in [0.3, 0.4) is 0 Å². The van der Waals surface area contributed by atoms with Crippen LogP contribution in [0.4, 0.5) is 11.5 Å². The fourth-order valence-corrected chi connectivity index (χ4v) is 1.96. The van der Waals surface area contributed by atoms with E-state index in [2.05, 4.69) is 15.6 Å². The molecule has 1 heterocycles. The summed E-state index contributed by atoms with van der Waals surface area (Å²) >= 11 is 0. The second-order valence-electron chi connectivity index (χ2n) is 4.85. The smallest absolute Gasteiger partial charge is 0.339 e. The molecule has 2 N–H and O–H groups in total. The first-order valence-corrected chi connectivity index (χ1v) is 7.34. The van der Waals surface area contributed by atoms with Gasteiger partial charge in [-0.2, -0.15) is 0 Å². The van der Waals surface area contributed by atoms with E-state index in [1.165, 1.54) is 13.3 Å². The van der Waals surface area contributed by atoms with E-state index < -0.39 is 5.97 Å². The Morgan fingerprint density at radius 1 is 1.17 bits per heavy atom. The average Bonchev–Trinajstić information content (AvgIpc) is 2.60. The molecule has 0 aliphatic rings. The lowest BCUT2D eigenvalue weighted by Crippen LogP contribution is -2.24. The van der Waals surface area contributed by atoms with Crippen LogP contribution in [0.2, 0.25) is 0 Å². The van der Waals surface area contributed by atoms with Crippen molar-refractivity contribution >= 4 is 23.4 Å². The van der Waals surface area contributed by atoms with Crippen LogP contribution < -0.4 is 10.6 Å². The average molecular weight is 313 g/mol. The molecule has 1 aromatic carbocycles. The predicted octanol–water partition coefficient (Wildman–Crippen LogP) is 2.75. The number of hydrogen-bond acceptors (Lipinski definition) is 5. The molecule has 0 atom stereocenters. The van der Waals surface area contributed by atoms with Gasteiger partial charge in [-0.1, -0.05) is 19.1 Å². The van der Waals surface area contributed by atoms with Crippen LogP contribution in [-0.2, 0) is 4.74 Å². The Balaban J connectivity index is 2.13. The van der Waals surface area contributed by atoms with Crippen LogP contribution in [0.1, 0.15) is 34.1 Å². The summed E-state index contributed by atoms with van der Waals surface area (Å²) in [4.78, 5) is 27.8. The van der Waals surface area contributed by atoms with Crippen LogP contribution in [0.15, 0.2) is 42.6 Å². The van der Waals surface area contributed by atoms with Crippen molar-refractivity contribution in [3.8, 4) is 0 Å². The Morgan fingerprint density at radius 2 is 1.96 bits per heavy atom. The number of anilines is 2. The van der Waals surface area contributed by atoms with Crippen molar-refractivity contribution in [1.82, 2.24) is 10.3 Å². The minimum atomic E-state index is -0.427. The quantitative estimate of drug-likeness (QED) is 0.802. The van der Waals surface area contributed by atoms with Crippen molar-refractivity contribution in [2.75, 3.05) is 19.0 Å². The van der Waals surface area contributed by atoms with Crippen molar-refractivity contribution < 1.29 is 14.3 Å². The number of rotatable bonds is 6. The van der Waals surface area contributed by atoms with Gasteiger partial charge >= 0.3 is 5.97 Å². The molecule has 0 unspecified atom stereocenters. The first kappa shape index (κ1) is 16.5. The number of aromatic nitrogens is 1. The Kier molecular flexibility index (Phi) is 5.68. The fourth-order valence-electron chi connectivity index (χ4n) is 1.96. The second-order valence-corrected chi connectivity index (χ2v) is 4.85. The van der Waals surface area contributed by atoms with Gasteiger partial charge in [0.25, 0.3) is 5.91 Å². The molecule has 6 heteroatoms. The van der Waals surface area contributed by atoms with Gasteiger partial charge in [0.2, 0.25) is 0 Å². The second kappa shape index (κ2) is 7.93. The van der Waals surface area contributed by atoms with Gasteiger partial charge in [-0.3, -0.25) is 4.79 Å². The Labute approximate surface area is 134 Å². The minimum absolute atomic E-state index is 0.152. The molecule has 0 saturated carbocycles. The summed E-state index contributed by atoms with van der Waals surface area (Å²) in [5.74, 6) is -0.0436. The van der Waals surface area contributed by atoms with E-state index in [4.69, 9.17) is 4.74 Å². The third-order valence-electron chi connectivity index (χ3n) is 3.16. The molecule has 1 aromatic heterocycles. The molecule has 120 valence electrons. The number of amides is 1. The molecule has 2 aromatic rings. The maximum absolute atomic E-state index is 11.8. The summed E-state index contributed by atoms with van der Waals surface area (Å²) in [5.41, 5.74) is 1.50. The summed E-state index contributed by atoms with van der Waals surface area (Å²) in [5, 5.41) is 5.84. The highest BCUT2D eigenvalue weighted by Crippen LogP contribution is 2.20. The number of carbonyl (C=O) groups is 2. The number of para-hydroxylation sites is 1. The number of esters is 1. The summed E-state index contributed by atoms with van der Waals surface area (Å²) < 4.78 is 4.75. The third kappa shape index (κ3) is 4.29. The van der Waals surface area contributed by atoms with Crippen molar-refractivity contribution in [3.63, 3.8) is 0 Å². The van der Waals surface area contributed by atoms with Crippen LogP contribution in [-0.4, -0.2) is 30.5 Å². The zero-order valence-corrected chi connectivity index (χ0v) is 13.1. The van der Waals surface area contributed by atoms with Gasteiger partial charge in [0.05, 0.1) is 23.9 Å². The number of nitrogens with one attached hydrogen (secondary N) is 2. The van der Waals surface area contributed by atoms with Crippen molar-refractivity contribution in [1.29, 1.82) is 0 Å². The van der Waals surface area contributed by atoms with Gasteiger partial charge in [0, 0.05) is 12.7 Å². The van der Waals surface area contributed by atoms with Gasteiger partial charge in [-0.25, -0.2) is 9.78 Å². The Morgan fingerprint density at radius 3 is 2.61 bits per heavy atom. The van der Waals surface area contributed by atoms with Crippen molar-refractivity contribution in [2.24, 2.45) is 0 Å². The van der Waals surface area contributed by atoms with Crippen molar-refractivity contribution in [3.05, 3.63) is 53.7 Å². The molecule has 0 saturated heterocycles. The lowest BCUT2D eigenvalue weighted by atomic mass is 10.2. The first-order chi connectivity index (χ1) is 11.2. The van der Waals surface area contributed by atoms with Gasteiger partial charge in [0.15, 0.2) is 0 Å². The standard InChI is InChI=1S/C17H19N3O3/c1-3-10-18-16(21)12-8-9-15(19-11-12)20-14-7-5-4-6-13(14)17(22)23-2/h4-9,11H,3,10H2,1-2H3,(H,18,21)(H,19,20). The van der Waals surface area contributed by atoms with Gasteiger partial charge in [-0.15, -0.1) is 0 Å². The van der Waals surface area contributed by atoms with Gasteiger partial charge in [-0.05, 0) is 30.7 Å². The molecule has 0 aliphatic heterocycles. The number of hydrogen-bond donors (Lipinski definition) is 2. The summed E-state index contributed by atoms with van der Waals surface area (Å²) in [6.45, 7) is 2.62. The first-order valence-electron chi connectivity index (χ1n) is 7.34. The largest absolute Gasteiger partial charge is 0.465 e. The lowest BCUT2D eigenvalue weighted by molar-refractivity contribution is 0.0601. The molecule has 6 nitrogen and oxygen atoms in total. The number of methoxy groups -OCH3 is 1. The number of nitrogens with zero attached hydrogens (tertiary/aromatic N) is 1. The SMILES string of the molecule is CCCNC(=O)c1ccc(Nc2ccccc2C(=O)OC)nc1. The molecule has 1 amide bonds. The number of pyridine rings is 1. The summed E-state index contributed by atoms with van der Waals surface area (Å²) in [7, 11) is 1.33. The van der Waals surface area contributed by atoms with Crippen LogP contribution in [0.25, 0.3) is 0 Å². The molecule has 23 heavy (non-hydrogen) atoms. The normalized spacial score (nSPS) is 10.0. The molecule has 0 aliphatic carbocycles. The molecular weight excluding hydrogens is 294 g/mol. The van der Waals surface area contributed by atoms with Gasteiger partial charge < -0.3 is 15.4 Å². The maximum Gasteiger partial charge on any atom is 0.339 e. The lowest BCUT2D eigenvalue weighted by Gasteiger charge is -2.10. The minimum Gasteiger partial charge on any atom is -0.465 e. The highest BCUT2D eigenvalue weighted by molar-refractivity contribution is 5.96. The van der Waals surface area contributed by atoms with E-state index in [1.807, 2.05) is 6.92 Å². The third-order valence-corrected chi connectivity index (χ3v) is 3.16. The summed E-state index contributed by atoms with van der Waals surface area (Å²) in [6.07, 6.45) is 2.37. The zero-order chi connectivity index (χ0) is 16.7. The molecule has 0 bridgehead atoms. The number of carbonyl (C=O) groups excluding carboxylic acids is 2. The topological polar surface area (TPSA) is 80.3 Å². The Hall–Kier alpha value is -2.89. The van der Waals surface area contributed by atoms with E-state index in [0.717, 1.165) is 6.42 Å². The fraction of sp³-hybridized carbons (Fsp3) is 0.235. The van der Waals surface area contributed by atoms with Gasteiger partial charge in [0.1, 0.15) is 5.82 Å². The van der Waals surface area contributed by atoms with E-state index in [1.54, 1.807) is 36.4 Å². The van der Waals surface area contributed by atoms with Crippen molar-refractivity contribution in [2.45, 2.75) is 13.3 Å². The van der Waals surface area contributed by atoms with Crippen LogP contribution >= 0.6 is 0 Å². The molecule has 0 spiro atoms. The molecule has 0 radical (unpaired) electrons. The van der Waals surface area contributed by atoms with E-state index in [-0.39, 0.29) is 5.91 Å². The highest BCUT2D eigenvalue weighted by Gasteiger charge is 2.11. The predicted molar refractivity (Wildman–Crippen MR) is 87.9 cm³/mol. The van der Waals surface area contributed by atoms with Crippen LogP contribution in [0.5, 0.6) is 0 Å². The Bertz CT molecular complexity index is 684. The monoisotopic (exact) mass is 313 g/mol. The molecular formula is C17H19N3O3. The van der Waals surface area contributed by atoms with E-state index >= 15 is 0 Å². The number of ether oxygens (including phenoxy) is 1. The van der Waals surface area contributed by atoms with E-state index in [0.29, 0.717) is 29.2 Å². The molecule has 2 rings (SSSR count). The summed E-state index contributed by atoms with van der Waals surface area (Å²) in [6, 6.07) is 10.4. The molecule has 0 fully saturated rings. The zero-order valence-electron chi connectivity index (χ0n) is 13.1. The number of benzene rings is 1.